The number of benzene rings is 1. The van der Waals surface area contributed by atoms with Crippen molar-refractivity contribution in [1.29, 1.82) is 0 Å². The van der Waals surface area contributed by atoms with Gasteiger partial charge in [0.2, 0.25) is 5.91 Å². The van der Waals surface area contributed by atoms with Crippen molar-refractivity contribution in [3.8, 4) is 0 Å². The van der Waals surface area contributed by atoms with Gasteiger partial charge in [0.25, 0.3) is 0 Å². The number of aromatic carboxylic acids is 1. The Morgan fingerprint density at radius 1 is 1.29 bits per heavy atom. The Balaban J connectivity index is 2.78. The number of hydrogen-bond donors (Lipinski definition) is 2. The molecule has 6 heteroatoms. The van der Waals surface area contributed by atoms with Crippen molar-refractivity contribution in [2.75, 3.05) is 12.4 Å². The van der Waals surface area contributed by atoms with Crippen molar-refractivity contribution in [2.24, 2.45) is 0 Å². The molecule has 1 aromatic carbocycles. The number of rotatable bonds is 4. The predicted molar refractivity (Wildman–Crippen MR) is 58.7 cm³/mol. The van der Waals surface area contributed by atoms with E-state index in [2.05, 4.69) is 10.1 Å². The molecule has 0 spiro atoms. The van der Waals surface area contributed by atoms with E-state index in [9.17, 15) is 14.4 Å². The number of esters is 1. The highest BCUT2D eigenvalue weighted by molar-refractivity contribution is 6.05. The lowest BCUT2D eigenvalue weighted by Gasteiger charge is -2.07. The molecule has 0 bridgehead atoms. The molecule has 1 rings (SSSR count). The number of ether oxygens (including phenoxy) is 1. The summed E-state index contributed by atoms with van der Waals surface area (Å²) < 4.78 is 4.32. The maximum Gasteiger partial charge on any atom is 0.337 e. The van der Waals surface area contributed by atoms with Gasteiger partial charge in [-0.05, 0) is 12.1 Å². The first-order valence-corrected chi connectivity index (χ1v) is 4.73. The van der Waals surface area contributed by atoms with Crippen LogP contribution >= 0.6 is 0 Å². The minimum absolute atomic E-state index is 0.0364. The second kappa shape index (κ2) is 5.64. The molecule has 0 fully saturated rings. The Labute approximate surface area is 97.2 Å². The zero-order valence-corrected chi connectivity index (χ0v) is 9.10. The van der Waals surface area contributed by atoms with Gasteiger partial charge in [0.1, 0.15) is 6.42 Å². The maximum atomic E-state index is 11.4. The van der Waals surface area contributed by atoms with Crippen molar-refractivity contribution in [3.05, 3.63) is 29.8 Å². The number of carboxylic acids is 1. The van der Waals surface area contributed by atoms with Crippen LogP contribution in [0.1, 0.15) is 16.8 Å². The van der Waals surface area contributed by atoms with Crippen LogP contribution in [0.4, 0.5) is 5.69 Å². The zero-order chi connectivity index (χ0) is 12.8. The molecule has 90 valence electrons. The number of nitrogens with one attached hydrogen (secondary N) is 1. The van der Waals surface area contributed by atoms with E-state index in [4.69, 9.17) is 5.11 Å². The first-order chi connectivity index (χ1) is 8.04. The number of anilines is 1. The average molecular weight is 237 g/mol. The van der Waals surface area contributed by atoms with Crippen LogP contribution in [-0.2, 0) is 14.3 Å². The highest BCUT2D eigenvalue weighted by Gasteiger charge is 2.14. The lowest BCUT2D eigenvalue weighted by Crippen LogP contribution is -2.18. The van der Waals surface area contributed by atoms with Crippen LogP contribution in [0.3, 0.4) is 0 Å². The Morgan fingerprint density at radius 3 is 2.53 bits per heavy atom. The molecular weight excluding hydrogens is 226 g/mol. The Morgan fingerprint density at radius 2 is 1.94 bits per heavy atom. The lowest BCUT2D eigenvalue weighted by atomic mass is 10.2. The first kappa shape index (κ1) is 12.7. The van der Waals surface area contributed by atoms with E-state index in [1.165, 1.54) is 19.2 Å². The van der Waals surface area contributed by atoms with Gasteiger partial charge in [-0.25, -0.2) is 4.79 Å². The number of methoxy groups -OCH3 is 1. The third-order valence-electron chi connectivity index (χ3n) is 1.96. The van der Waals surface area contributed by atoms with Crippen LogP contribution in [0.25, 0.3) is 0 Å². The molecule has 0 aromatic heterocycles. The molecular formula is C11H11NO5. The van der Waals surface area contributed by atoms with E-state index in [-0.39, 0.29) is 11.3 Å². The van der Waals surface area contributed by atoms with E-state index in [1.54, 1.807) is 12.1 Å². The second-order valence-corrected chi connectivity index (χ2v) is 3.15. The SMILES string of the molecule is COC(=O)CC(=O)Nc1ccccc1C(=O)O. The second-order valence-electron chi connectivity index (χ2n) is 3.15. The Hall–Kier alpha value is -2.37. The van der Waals surface area contributed by atoms with Gasteiger partial charge in [-0.3, -0.25) is 9.59 Å². The molecule has 0 atom stereocenters. The molecule has 1 amide bonds. The van der Waals surface area contributed by atoms with Gasteiger partial charge in [-0.15, -0.1) is 0 Å². The Kier molecular flexibility index (Phi) is 4.21. The molecule has 0 aliphatic rings. The molecule has 2 N–H and O–H groups in total. The van der Waals surface area contributed by atoms with Gasteiger partial charge in [-0.1, -0.05) is 12.1 Å². The Bertz CT molecular complexity index is 455. The van der Waals surface area contributed by atoms with Gasteiger partial charge in [-0.2, -0.15) is 0 Å². The van der Waals surface area contributed by atoms with Gasteiger partial charge < -0.3 is 15.2 Å². The fourth-order valence-electron chi connectivity index (χ4n) is 1.18. The molecule has 1 aromatic rings. The summed E-state index contributed by atoms with van der Waals surface area (Å²) >= 11 is 0. The highest BCUT2D eigenvalue weighted by Crippen LogP contribution is 2.14. The summed E-state index contributed by atoms with van der Waals surface area (Å²) in [7, 11) is 1.17. The first-order valence-electron chi connectivity index (χ1n) is 4.73. The van der Waals surface area contributed by atoms with Gasteiger partial charge in [0, 0.05) is 0 Å². The molecule has 0 radical (unpaired) electrons. The highest BCUT2D eigenvalue weighted by atomic mass is 16.5. The molecule has 0 aliphatic carbocycles. The van der Waals surface area contributed by atoms with Gasteiger partial charge in [0.05, 0.1) is 18.4 Å². The molecule has 0 saturated carbocycles. The van der Waals surface area contributed by atoms with Crippen molar-refractivity contribution in [1.82, 2.24) is 0 Å². The molecule has 0 saturated heterocycles. The quantitative estimate of drug-likeness (QED) is 0.599. The number of carbonyl (C=O) groups excluding carboxylic acids is 2. The molecule has 0 unspecified atom stereocenters. The smallest absolute Gasteiger partial charge is 0.337 e. The van der Waals surface area contributed by atoms with Crippen LogP contribution < -0.4 is 5.32 Å². The maximum absolute atomic E-state index is 11.4. The number of carbonyl (C=O) groups is 3. The largest absolute Gasteiger partial charge is 0.478 e. The molecule has 17 heavy (non-hydrogen) atoms. The zero-order valence-electron chi connectivity index (χ0n) is 9.10. The molecule has 6 nitrogen and oxygen atoms in total. The van der Waals surface area contributed by atoms with Crippen LogP contribution in [0, 0.1) is 0 Å². The van der Waals surface area contributed by atoms with E-state index < -0.39 is 24.3 Å². The third-order valence-corrected chi connectivity index (χ3v) is 1.96. The van der Waals surface area contributed by atoms with Crippen molar-refractivity contribution in [3.63, 3.8) is 0 Å². The van der Waals surface area contributed by atoms with E-state index in [0.29, 0.717) is 0 Å². The summed E-state index contributed by atoms with van der Waals surface area (Å²) in [6, 6.07) is 5.92. The minimum Gasteiger partial charge on any atom is -0.478 e. The normalized spacial score (nSPS) is 9.47. The fraction of sp³-hybridized carbons (Fsp3) is 0.182. The van der Waals surface area contributed by atoms with Crippen molar-refractivity contribution >= 4 is 23.5 Å². The summed E-state index contributed by atoms with van der Waals surface area (Å²) in [5.41, 5.74) is 0.111. The lowest BCUT2D eigenvalue weighted by molar-refractivity contribution is -0.142. The summed E-state index contributed by atoms with van der Waals surface area (Å²) in [5.74, 6) is -2.46. The molecule has 0 heterocycles. The standard InChI is InChI=1S/C11H11NO5/c1-17-10(14)6-9(13)12-8-5-3-2-4-7(8)11(15)16/h2-5H,6H2,1H3,(H,12,13)(H,15,16). The average Bonchev–Trinajstić information content (AvgIpc) is 2.29. The van der Waals surface area contributed by atoms with E-state index >= 15 is 0 Å². The minimum atomic E-state index is -1.15. The van der Waals surface area contributed by atoms with E-state index in [1.807, 2.05) is 0 Å². The van der Waals surface area contributed by atoms with Crippen molar-refractivity contribution < 1.29 is 24.2 Å². The van der Waals surface area contributed by atoms with Crippen molar-refractivity contribution in [2.45, 2.75) is 6.42 Å². The number of hydrogen-bond acceptors (Lipinski definition) is 4. The van der Waals surface area contributed by atoms with Crippen LogP contribution in [0.5, 0.6) is 0 Å². The summed E-state index contributed by atoms with van der Waals surface area (Å²) in [6.07, 6.45) is -0.454. The van der Waals surface area contributed by atoms with Crippen LogP contribution in [0.15, 0.2) is 24.3 Å². The third kappa shape index (κ3) is 3.60. The van der Waals surface area contributed by atoms with Gasteiger partial charge >= 0.3 is 11.9 Å². The fourth-order valence-corrected chi connectivity index (χ4v) is 1.18. The number of amides is 1. The predicted octanol–water partition coefficient (Wildman–Crippen LogP) is 0.886. The summed E-state index contributed by atoms with van der Waals surface area (Å²) in [4.78, 5) is 33.0. The van der Waals surface area contributed by atoms with Crippen LogP contribution in [-0.4, -0.2) is 30.1 Å². The monoisotopic (exact) mass is 237 g/mol. The van der Waals surface area contributed by atoms with E-state index in [0.717, 1.165) is 0 Å². The summed E-state index contributed by atoms with van der Waals surface area (Å²) in [6.45, 7) is 0. The summed E-state index contributed by atoms with van der Waals surface area (Å²) in [5, 5.41) is 11.2. The van der Waals surface area contributed by atoms with Crippen LogP contribution in [0.2, 0.25) is 0 Å². The topological polar surface area (TPSA) is 92.7 Å². The number of carboxylic acid groups (broad SMARTS) is 1. The number of para-hydroxylation sites is 1. The van der Waals surface area contributed by atoms with Gasteiger partial charge in [0.15, 0.2) is 0 Å². The molecule has 0 aliphatic heterocycles.